The van der Waals surface area contributed by atoms with Gasteiger partial charge in [-0.3, -0.25) is 9.59 Å². The fourth-order valence-corrected chi connectivity index (χ4v) is 2.26. The normalized spacial score (nSPS) is 28.5. The molecule has 1 fully saturated rings. The van der Waals surface area contributed by atoms with Gasteiger partial charge in [0.05, 0.1) is 6.04 Å². The molecular formula is C12H13NO4. The number of aliphatic hydroxyl groups is 1. The predicted octanol–water partition coefficient (Wildman–Crippen LogP) is 0.261. The number of carboxylic acids is 1. The van der Waals surface area contributed by atoms with Crippen LogP contribution < -0.4 is 0 Å². The summed E-state index contributed by atoms with van der Waals surface area (Å²) in [7, 11) is 1.51. The molecule has 0 saturated carbocycles. The molecule has 0 spiro atoms. The highest BCUT2D eigenvalue weighted by Gasteiger charge is 2.50. The van der Waals surface area contributed by atoms with E-state index in [4.69, 9.17) is 5.11 Å². The van der Waals surface area contributed by atoms with Crippen molar-refractivity contribution in [2.75, 3.05) is 7.05 Å². The molecule has 2 N–H and O–H groups in total. The number of likely N-dealkylation sites (tertiary alicyclic amines) is 1. The van der Waals surface area contributed by atoms with Gasteiger partial charge in [0.25, 0.3) is 5.91 Å². The first-order valence-electron chi connectivity index (χ1n) is 5.26. The van der Waals surface area contributed by atoms with E-state index in [0.29, 0.717) is 5.56 Å². The van der Waals surface area contributed by atoms with Crippen LogP contribution in [0.3, 0.4) is 0 Å². The second-order valence-electron chi connectivity index (χ2n) is 4.11. The molecule has 0 radical (unpaired) electrons. The van der Waals surface area contributed by atoms with Crippen LogP contribution in [0.2, 0.25) is 0 Å². The van der Waals surface area contributed by atoms with Crippen molar-refractivity contribution in [1.82, 2.24) is 4.90 Å². The number of benzene rings is 1. The van der Waals surface area contributed by atoms with Crippen molar-refractivity contribution in [3.63, 3.8) is 0 Å². The molecule has 0 bridgehead atoms. The Labute approximate surface area is 98.3 Å². The Morgan fingerprint density at radius 2 is 1.88 bits per heavy atom. The van der Waals surface area contributed by atoms with Crippen molar-refractivity contribution in [3.05, 3.63) is 35.9 Å². The number of hydrogen-bond acceptors (Lipinski definition) is 3. The summed E-state index contributed by atoms with van der Waals surface area (Å²) in [4.78, 5) is 24.1. The molecule has 1 amide bonds. The largest absolute Gasteiger partial charge is 0.481 e. The lowest BCUT2D eigenvalue weighted by molar-refractivity contribution is -0.147. The maximum Gasteiger partial charge on any atom is 0.312 e. The van der Waals surface area contributed by atoms with E-state index in [2.05, 4.69) is 0 Å². The van der Waals surface area contributed by atoms with Crippen molar-refractivity contribution in [3.8, 4) is 0 Å². The zero-order valence-corrected chi connectivity index (χ0v) is 9.28. The summed E-state index contributed by atoms with van der Waals surface area (Å²) in [6.07, 6.45) is -1.47. The van der Waals surface area contributed by atoms with E-state index in [1.807, 2.05) is 6.07 Å². The zero-order chi connectivity index (χ0) is 12.6. The summed E-state index contributed by atoms with van der Waals surface area (Å²) in [6.45, 7) is 0. The van der Waals surface area contributed by atoms with Crippen LogP contribution in [0.1, 0.15) is 11.6 Å². The van der Waals surface area contributed by atoms with Crippen LogP contribution in [-0.2, 0) is 9.59 Å². The van der Waals surface area contributed by atoms with Crippen molar-refractivity contribution in [2.45, 2.75) is 12.1 Å². The lowest BCUT2D eigenvalue weighted by atomic mass is 9.92. The first-order chi connectivity index (χ1) is 8.04. The van der Waals surface area contributed by atoms with Gasteiger partial charge in [-0.1, -0.05) is 30.3 Å². The fourth-order valence-electron chi connectivity index (χ4n) is 2.26. The average Bonchev–Trinajstić information content (AvgIpc) is 2.55. The molecule has 17 heavy (non-hydrogen) atoms. The summed E-state index contributed by atoms with van der Waals surface area (Å²) in [5, 5.41) is 18.8. The number of amides is 1. The number of carbonyl (C=O) groups is 2. The highest BCUT2D eigenvalue weighted by Crippen LogP contribution is 2.37. The first kappa shape index (κ1) is 11.6. The summed E-state index contributed by atoms with van der Waals surface area (Å²) >= 11 is 0. The van der Waals surface area contributed by atoms with Gasteiger partial charge in [-0.15, -0.1) is 0 Å². The number of aliphatic carboxylic acids is 1. The Morgan fingerprint density at radius 3 is 2.41 bits per heavy atom. The van der Waals surface area contributed by atoms with Crippen molar-refractivity contribution < 1.29 is 19.8 Å². The lowest BCUT2D eigenvalue weighted by Crippen LogP contribution is -2.29. The van der Waals surface area contributed by atoms with Crippen LogP contribution in [-0.4, -0.2) is 40.1 Å². The van der Waals surface area contributed by atoms with Crippen LogP contribution in [0, 0.1) is 5.92 Å². The molecule has 1 aromatic carbocycles. The summed E-state index contributed by atoms with van der Waals surface area (Å²) in [5.74, 6) is -2.83. The second-order valence-corrected chi connectivity index (χ2v) is 4.11. The van der Waals surface area contributed by atoms with Crippen LogP contribution in [0.4, 0.5) is 0 Å². The van der Waals surface area contributed by atoms with Gasteiger partial charge in [-0.2, -0.15) is 0 Å². The topological polar surface area (TPSA) is 77.8 Å². The van der Waals surface area contributed by atoms with Gasteiger partial charge in [0.15, 0.2) is 0 Å². The molecule has 3 unspecified atom stereocenters. The maximum atomic E-state index is 11.6. The smallest absolute Gasteiger partial charge is 0.312 e. The first-order valence-corrected chi connectivity index (χ1v) is 5.26. The number of hydrogen-bond donors (Lipinski definition) is 2. The van der Waals surface area contributed by atoms with E-state index in [1.54, 1.807) is 24.3 Å². The third-order valence-electron chi connectivity index (χ3n) is 3.12. The predicted molar refractivity (Wildman–Crippen MR) is 59.1 cm³/mol. The minimum atomic E-state index is -1.47. The zero-order valence-electron chi connectivity index (χ0n) is 9.28. The molecule has 90 valence electrons. The Hall–Kier alpha value is -1.88. The van der Waals surface area contributed by atoms with Crippen molar-refractivity contribution >= 4 is 11.9 Å². The maximum absolute atomic E-state index is 11.6. The fraction of sp³-hybridized carbons (Fsp3) is 0.333. The summed E-state index contributed by atoms with van der Waals surface area (Å²) < 4.78 is 0. The molecule has 3 atom stereocenters. The summed E-state index contributed by atoms with van der Waals surface area (Å²) in [6, 6.07) is 8.25. The van der Waals surface area contributed by atoms with Crippen LogP contribution in [0.25, 0.3) is 0 Å². The molecule has 0 aliphatic carbocycles. The second kappa shape index (κ2) is 4.18. The Bertz CT molecular complexity index is 445. The number of carboxylic acid groups (broad SMARTS) is 1. The highest BCUT2D eigenvalue weighted by atomic mass is 16.4. The van der Waals surface area contributed by atoms with E-state index < -0.39 is 29.9 Å². The van der Waals surface area contributed by atoms with Gasteiger partial charge >= 0.3 is 5.97 Å². The van der Waals surface area contributed by atoms with Crippen LogP contribution >= 0.6 is 0 Å². The van der Waals surface area contributed by atoms with Gasteiger partial charge in [0.2, 0.25) is 0 Å². The quantitative estimate of drug-likeness (QED) is 0.770. The number of nitrogens with zero attached hydrogens (tertiary/aromatic N) is 1. The van der Waals surface area contributed by atoms with Gasteiger partial charge < -0.3 is 15.1 Å². The molecule has 1 saturated heterocycles. The van der Waals surface area contributed by atoms with Crippen molar-refractivity contribution in [2.24, 2.45) is 5.92 Å². The van der Waals surface area contributed by atoms with E-state index in [9.17, 15) is 14.7 Å². The third kappa shape index (κ3) is 1.78. The third-order valence-corrected chi connectivity index (χ3v) is 3.12. The SMILES string of the molecule is CN1C(=O)C(O)C(C(=O)O)C1c1ccccc1. The molecule has 5 heteroatoms. The molecular weight excluding hydrogens is 222 g/mol. The Morgan fingerprint density at radius 1 is 1.29 bits per heavy atom. The lowest BCUT2D eigenvalue weighted by Gasteiger charge is -2.22. The highest BCUT2D eigenvalue weighted by molar-refractivity contribution is 5.91. The monoisotopic (exact) mass is 235 g/mol. The minimum absolute atomic E-state index is 0.550. The molecule has 1 aromatic rings. The van der Waals surface area contributed by atoms with E-state index in [-0.39, 0.29) is 0 Å². The molecule has 2 rings (SSSR count). The Kier molecular flexibility index (Phi) is 2.85. The van der Waals surface area contributed by atoms with E-state index in [1.165, 1.54) is 11.9 Å². The Balaban J connectivity index is 2.43. The number of rotatable bonds is 2. The standard InChI is InChI=1S/C12H13NO4/c1-13-9(7-5-3-2-4-6-7)8(12(16)17)10(14)11(13)15/h2-6,8-10,14H,1H3,(H,16,17). The van der Waals surface area contributed by atoms with Crippen molar-refractivity contribution in [1.29, 1.82) is 0 Å². The average molecular weight is 235 g/mol. The van der Waals surface area contributed by atoms with E-state index in [0.717, 1.165) is 0 Å². The molecule has 0 aromatic heterocycles. The molecule has 1 heterocycles. The van der Waals surface area contributed by atoms with Gasteiger partial charge in [0.1, 0.15) is 12.0 Å². The number of aliphatic hydroxyl groups excluding tert-OH is 1. The van der Waals surface area contributed by atoms with Crippen LogP contribution in [0.15, 0.2) is 30.3 Å². The minimum Gasteiger partial charge on any atom is -0.481 e. The van der Waals surface area contributed by atoms with Gasteiger partial charge in [0, 0.05) is 7.05 Å². The number of carbonyl (C=O) groups excluding carboxylic acids is 1. The van der Waals surface area contributed by atoms with Crippen LogP contribution in [0.5, 0.6) is 0 Å². The molecule has 5 nitrogen and oxygen atoms in total. The summed E-state index contributed by atoms with van der Waals surface area (Å²) in [5.41, 5.74) is 0.715. The molecule has 1 aliphatic rings. The van der Waals surface area contributed by atoms with E-state index >= 15 is 0 Å². The molecule has 1 aliphatic heterocycles. The number of likely N-dealkylation sites (N-methyl/N-ethyl adjacent to an activating group) is 1. The van der Waals surface area contributed by atoms with Gasteiger partial charge in [-0.25, -0.2) is 0 Å². The van der Waals surface area contributed by atoms with Gasteiger partial charge in [-0.05, 0) is 5.56 Å².